The highest BCUT2D eigenvalue weighted by Gasteiger charge is 2.15. The van der Waals surface area contributed by atoms with Crippen LogP contribution in [0.25, 0.3) is 0 Å². The number of halogens is 2. The van der Waals surface area contributed by atoms with Crippen LogP contribution in [0.2, 0.25) is 10.0 Å². The molecule has 7 heteroatoms. The van der Waals surface area contributed by atoms with Gasteiger partial charge in [-0.2, -0.15) is 0 Å². The van der Waals surface area contributed by atoms with Gasteiger partial charge in [-0.05, 0) is 24.6 Å². The number of carbonyl (C=O) groups is 2. The summed E-state index contributed by atoms with van der Waals surface area (Å²) < 4.78 is 0. The minimum Gasteiger partial charge on any atom is -0.336 e. The number of benzene rings is 2. The van der Waals surface area contributed by atoms with E-state index < -0.39 is 0 Å². The van der Waals surface area contributed by atoms with Crippen LogP contribution in [0.4, 0.5) is 5.69 Å². The molecule has 0 saturated carbocycles. The average molecular weight is 411 g/mol. The van der Waals surface area contributed by atoms with E-state index in [1.807, 2.05) is 25.1 Å². The van der Waals surface area contributed by atoms with Crippen molar-refractivity contribution in [2.75, 3.05) is 24.7 Å². The molecule has 138 valence electrons. The van der Waals surface area contributed by atoms with E-state index in [1.165, 1.54) is 27.8 Å². The van der Waals surface area contributed by atoms with Crippen molar-refractivity contribution < 1.29 is 9.59 Å². The third kappa shape index (κ3) is 6.24. The van der Waals surface area contributed by atoms with E-state index in [9.17, 15) is 9.59 Å². The molecule has 0 radical (unpaired) electrons. The van der Waals surface area contributed by atoms with E-state index in [0.717, 1.165) is 5.75 Å². The second-order valence-electron chi connectivity index (χ2n) is 5.88. The standard InChI is InChI=1S/C19H20Cl2N2O2S/c1-13-5-3-6-14(9-13)11-26-12-18(25)23(2)10-17(24)22-19-15(20)7-4-8-16(19)21/h3-9H,10-12H2,1-2H3,(H,22,24). The molecule has 0 atom stereocenters. The van der Waals surface area contributed by atoms with Crippen molar-refractivity contribution >= 4 is 52.5 Å². The zero-order chi connectivity index (χ0) is 19.1. The number of aryl methyl sites for hydroxylation is 1. The maximum Gasteiger partial charge on any atom is 0.244 e. The first-order valence-corrected chi connectivity index (χ1v) is 9.89. The molecule has 0 bridgehead atoms. The monoisotopic (exact) mass is 410 g/mol. The Morgan fingerprint density at radius 1 is 1.12 bits per heavy atom. The Bertz CT molecular complexity index is 779. The summed E-state index contributed by atoms with van der Waals surface area (Å²) >= 11 is 13.6. The van der Waals surface area contributed by atoms with Crippen LogP contribution in [0, 0.1) is 6.92 Å². The number of nitrogens with zero attached hydrogens (tertiary/aromatic N) is 1. The van der Waals surface area contributed by atoms with Crippen molar-refractivity contribution in [1.82, 2.24) is 4.90 Å². The molecular formula is C19H20Cl2N2O2S. The van der Waals surface area contributed by atoms with Gasteiger partial charge in [-0.15, -0.1) is 11.8 Å². The maximum atomic E-state index is 12.2. The predicted molar refractivity (Wildman–Crippen MR) is 110 cm³/mol. The largest absolute Gasteiger partial charge is 0.336 e. The van der Waals surface area contributed by atoms with Gasteiger partial charge >= 0.3 is 0 Å². The van der Waals surface area contributed by atoms with Crippen LogP contribution >= 0.6 is 35.0 Å². The minimum absolute atomic E-state index is 0.0641. The van der Waals surface area contributed by atoms with Gasteiger partial charge in [-0.3, -0.25) is 9.59 Å². The fraction of sp³-hybridized carbons (Fsp3) is 0.263. The second-order valence-corrected chi connectivity index (χ2v) is 7.68. The van der Waals surface area contributed by atoms with Gasteiger partial charge in [0.2, 0.25) is 11.8 Å². The number of carbonyl (C=O) groups excluding carboxylic acids is 2. The molecule has 0 heterocycles. The van der Waals surface area contributed by atoms with E-state index >= 15 is 0 Å². The molecule has 4 nitrogen and oxygen atoms in total. The van der Waals surface area contributed by atoms with Crippen molar-refractivity contribution in [3.8, 4) is 0 Å². The lowest BCUT2D eigenvalue weighted by Gasteiger charge is -2.17. The van der Waals surface area contributed by atoms with Gasteiger partial charge in [-0.1, -0.05) is 59.1 Å². The Labute approximate surface area is 167 Å². The quantitative estimate of drug-likeness (QED) is 0.723. The number of likely N-dealkylation sites (N-methyl/N-ethyl adjacent to an activating group) is 1. The number of rotatable bonds is 7. The zero-order valence-corrected chi connectivity index (χ0v) is 16.9. The molecule has 0 aliphatic carbocycles. The van der Waals surface area contributed by atoms with E-state index in [0.29, 0.717) is 21.5 Å². The summed E-state index contributed by atoms with van der Waals surface area (Å²) in [7, 11) is 1.60. The minimum atomic E-state index is -0.348. The summed E-state index contributed by atoms with van der Waals surface area (Å²) in [6.07, 6.45) is 0. The molecule has 0 unspecified atom stereocenters. The number of para-hydroxylation sites is 1. The van der Waals surface area contributed by atoms with Gasteiger partial charge in [0.15, 0.2) is 0 Å². The molecule has 2 amide bonds. The summed E-state index contributed by atoms with van der Waals surface area (Å²) in [5.74, 6) is 0.607. The van der Waals surface area contributed by atoms with Gasteiger partial charge in [0.05, 0.1) is 28.0 Å². The highest BCUT2D eigenvalue weighted by Crippen LogP contribution is 2.29. The fourth-order valence-electron chi connectivity index (χ4n) is 2.27. The molecule has 0 fully saturated rings. The topological polar surface area (TPSA) is 49.4 Å². The number of hydrogen-bond donors (Lipinski definition) is 1. The first kappa shape index (κ1) is 20.6. The van der Waals surface area contributed by atoms with Crippen LogP contribution in [0.15, 0.2) is 42.5 Å². The smallest absolute Gasteiger partial charge is 0.244 e. The molecule has 2 aromatic carbocycles. The van der Waals surface area contributed by atoms with Crippen molar-refractivity contribution in [1.29, 1.82) is 0 Å². The second kappa shape index (κ2) is 9.86. The lowest BCUT2D eigenvalue weighted by Crippen LogP contribution is -2.36. The lowest BCUT2D eigenvalue weighted by atomic mass is 10.2. The normalized spacial score (nSPS) is 10.5. The van der Waals surface area contributed by atoms with Crippen LogP contribution in [0.5, 0.6) is 0 Å². The molecular weight excluding hydrogens is 391 g/mol. The summed E-state index contributed by atoms with van der Waals surface area (Å²) in [6.45, 7) is 1.97. The van der Waals surface area contributed by atoms with Gasteiger partial charge in [0.25, 0.3) is 0 Å². The molecule has 0 spiro atoms. The molecule has 0 aliphatic rings. The SMILES string of the molecule is Cc1cccc(CSCC(=O)N(C)CC(=O)Nc2c(Cl)cccc2Cl)c1. The van der Waals surface area contributed by atoms with Crippen LogP contribution in [-0.2, 0) is 15.3 Å². The molecule has 0 aliphatic heterocycles. The third-order valence-electron chi connectivity index (χ3n) is 3.61. The zero-order valence-electron chi connectivity index (χ0n) is 14.6. The number of thioether (sulfide) groups is 1. The lowest BCUT2D eigenvalue weighted by molar-refractivity contribution is -0.131. The summed E-state index contributed by atoms with van der Waals surface area (Å²) in [4.78, 5) is 25.7. The van der Waals surface area contributed by atoms with E-state index in [1.54, 1.807) is 25.2 Å². The first-order chi connectivity index (χ1) is 12.4. The van der Waals surface area contributed by atoms with Crippen LogP contribution in [0.3, 0.4) is 0 Å². The van der Waals surface area contributed by atoms with Gasteiger partial charge < -0.3 is 10.2 Å². The summed E-state index contributed by atoms with van der Waals surface area (Å²) in [6, 6.07) is 13.2. The van der Waals surface area contributed by atoms with Crippen molar-refractivity contribution in [3.05, 3.63) is 63.6 Å². The highest BCUT2D eigenvalue weighted by molar-refractivity contribution is 7.99. The maximum absolute atomic E-state index is 12.2. The van der Waals surface area contributed by atoms with Crippen molar-refractivity contribution in [2.24, 2.45) is 0 Å². The van der Waals surface area contributed by atoms with Crippen LogP contribution in [0.1, 0.15) is 11.1 Å². The molecule has 1 N–H and O–H groups in total. The number of anilines is 1. The highest BCUT2D eigenvalue weighted by atomic mass is 35.5. The Kier molecular flexibility index (Phi) is 7.82. The molecule has 2 aromatic rings. The molecule has 2 rings (SSSR count). The Morgan fingerprint density at radius 2 is 1.77 bits per heavy atom. The number of nitrogens with one attached hydrogen (secondary N) is 1. The summed E-state index contributed by atoms with van der Waals surface area (Å²) in [5, 5.41) is 3.36. The van der Waals surface area contributed by atoms with Crippen LogP contribution in [-0.4, -0.2) is 36.1 Å². The molecule has 0 saturated heterocycles. The van der Waals surface area contributed by atoms with Crippen molar-refractivity contribution in [3.63, 3.8) is 0 Å². The number of hydrogen-bond acceptors (Lipinski definition) is 3. The van der Waals surface area contributed by atoms with E-state index in [4.69, 9.17) is 23.2 Å². The Balaban J connectivity index is 1.80. The number of amides is 2. The van der Waals surface area contributed by atoms with E-state index in [2.05, 4.69) is 11.4 Å². The average Bonchev–Trinajstić information content (AvgIpc) is 2.58. The predicted octanol–water partition coefficient (Wildman–Crippen LogP) is 4.63. The third-order valence-corrected chi connectivity index (χ3v) is 5.23. The van der Waals surface area contributed by atoms with Crippen molar-refractivity contribution in [2.45, 2.75) is 12.7 Å². The Hall–Kier alpha value is -1.69. The molecule has 0 aromatic heterocycles. The van der Waals surface area contributed by atoms with E-state index in [-0.39, 0.29) is 18.4 Å². The van der Waals surface area contributed by atoms with Gasteiger partial charge in [-0.25, -0.2) is 0 Å². The fourth-order valence-corrected chi connectivity index (χ4v) is 3.67. The van der Waals surface area contributed by atoms with Gasteiger partial charge in [0, 0.05) is 12.8 Å². The Morgan fingerprint density at radius 3 is 2.42 bits per heavy atom. The van der Waals surface area contributed by atoms with Crippen LogP contribution < -0.4 is 5.32 Å². The summed E-state index contributed by atoms with van der Waals surface area (Å²) in [5.41, 5.74) is 2.73. The first-order valence-electron chi connectivity index (χ1n) is 7.98. The molecule has 26 heavy (non-hydrogen) atoms. The van der Waals surface area contributed by atoms with Gasteiger partial charge in [0.1, 0.15) is 0 Å².